The first-order valence-corrected chi connectivity index (χ1v) is 9.44. The average Bonchev–Trinajstić information content (AvgIpc) is 3.13. The fourth-order valence-corrected chi connectivity index (χ4v) is 4.72. The molecule has 132 valence electrons. The highest BCUT2D eigenvalue weighted by Crippen LogP contribution is 2.36. The molecule has 25 heavy (non-hydrogen) atoms. The first-order chi connectivity index (χ1) is 12.2. The predicted octanol–water partition coefficient (Wildman–Crippen LogP) is 2.63. The van der Waals surface area contributed by atoms with E-state index in [1.54, 1.807) is 0 Å². The minimum Gasteiger partial charge on any atom is -0.377 e. The lowest BCUT2D eigenvalue weighted by Gasteiger charge is -2.36. The number of carbonyl (C=O) groups excluding carboxylic acids is 1. The van der Waals surface area contributed by atoms with Crippen LogP contribution in [-0.2, 0) is 9.53 Å². The monoisotopic (exact) mass is 340 g/mol. The molecule has 2 aromatic heterocycles. The molecule has 2 atom stereocenters. The molecular formula is C19H24N4O2. The van der Waals surface area contributed by atoms with E-state index in [1.165, 1.54) is 12.8 Å². The van der Waals surface area contributed by atoms with E-state index in [4.69, 9.17) is 14.8 Å². The van der Waals surface area contributed by atoms with Gasteiger partial charge in [-0.2, -0.15) is 9.61 Å². The molecule has 2 aliphatic heterocycles. The largest absolute Gasteiger partial charge is 0.377 e. The van der Waals surface area contributed by atoms with Gasteiger partial charge in [0.1, 0.15) is 11.6 Å². The van der Waals surface area contributed by atoms with Crippen LogP contribution in [0.15, 0.2) is 12.1 Å². The topological polar surface area (TPSA) is 59.7 Å². The van der Waals surface area contributed by atoms with Gasteiger partial charge in [0.2, 0.25) is 0 Å². The molecule has 2 unspecified atom stereocenters. The number of Topliss-reactive ketones (excluding diaryl/α,β-unsaturated/α-hetero) is 1. The van der Waals surface area contributed by atoms with Crippen LogP contribution < -0.4 is 4.90 Å². The van der Waals surface area contributed by atoms with Gasteiger partial charge in [-0.25, -0.2) is 4.98 Å². The third-order valence-electron chi connectivity index (χ3n) is 6.02. The minimum absolute atomic E-state index is 0.383. The summed E-state index contributed by atoms with van der Waals surface area (Å²) < 4.78 is 7.77. The molecule has 6 heteroatoms. The number of carbonyl (C=O) groups is 1. The van der Waals surface area contributed by atoms with Crippen LogP contribution in [-0.4, -0.2) is 45.7 Å². The summed E-state index contributed by atoms with van der Waals surface area (Å²) in [5.74, 6) is 1.92. The molecule has 0 amide bonds. The van der Waals surface area contributed by atoms with Gasteiger partial charge >= 0.3 is 0 Å². The number of morpholine rings is 1. The molecule has 3 aliphatic rings. The number of ether oxygens (including phenoxy) is 1. The number of ketones is 1. The van der Waals surface area contributed by atoms with Crippen molar-refractivity contribution in [1.82, 2.24) is 14.6 Å². The zero-order valence-electron chi connectivity index (χ0n) is 14.6. The molecule has 4 heterocycles. The van der Waals surface area contributed by atoms with E-state index in [9.17, 15) is 4.79 Å². The van der Waals surface area contributed by atoms with Gasteiger partial charge in [0, 0.05) is 36.6 Å². The van der Waals surface area contributed by atoms with Crippen molar-refractivity contribution >= 4 is 17.2 Å². The molecule has 2 aromatic rings. The molecule has 6 nitrogen and oxygen atoms in total. The fraction of sp³-hybridized carbons (Fsp3) is 0.632. The van der Waals surface area contributed by atoms with Crippen molar-refractivity contribution in [2.24, 2.45) is 0 Å². The molecule has 1 aliphatic carbocycles. The number of anilines is 1. The molecule has 5 rings (SSSR count). The molecular weight excluding hydrogens is 316 g/mol. The lowest BCUT2D eigenvalue weighted by Crippen LogP contribution is -2.46. The Morgan fingerprint density at radius 2 is 1.80 bits per heavy atom. The molecule has 0 radical (unpaired) electrons. The van der Waals surface area contributed by atoms with Gasteiger partial charge in [0.15, 0.2) is 5.65 Å². The summed E-state index contributed by atoms with van der Waals surface area (Å²) >= 11 is 0. The number of hydrogen-bond acceptors (Lipinski definition) is 5. The van der Waals surface area contributed by atoms with Crippen molar-refractivity contribution in [2.75, 3.05) is 18.1 Å². The SMILES string of the molecule is Cc1cc(N2C3CCC2COC3)n2nc(C3CCC(=O)CC3)cc2n1. The zero-order chi connectivity index (χ0) is 17.0. The van der Waals surface area contributed by atoms with Crippen LogP contribution >= 0.6 is 0 Å². The van der Waals surface area contributed by atoms with Crippen LogP contribution in [0.25, 0.3) is 5.65 Å². The number of hydrogen-bond donors (Lipinski definition) is 0. The van der Waals surface area contributed by atoms with Gasteiger partial charge in [-0.1, -0.05) is 0 Å². The summed E-state index contributed by atoms with van der Waals surface area (Å²) in [6.45, 7) is 3.66. The number of fused-ring (bicyclic) bond motifs is 3. The van der Waals surface area contributed by atoms with Gasteiger partial charge in [-0.15, -0.1) is 0 Å². The molecule has 0 aromatic carbocycles. The number of rotatable bonds is 2. The second-order valence-electron chi connectivity index (χ2n) is 7.74. The standard InChI is InChI=1S/C19H24N4O2/c1-12-8-19(22-14-4-5-15(22)11-25-10-14)23-18(20-12)9-17(21-23)13-2-6-16(24)7-3-13/h8-9,13-15H,2-7,10-11H2,1H3. The zero-order valence-corrected chi connectivity index (χ0v) is 14.6. The van der Waals surface area contributed by atoms with E-state index in [2.05, 4.69) is 24.0 Å². The number of nitrogens with zero attached hydrogens (tertiary/aromatic N) is 4. The first kappa shape index (κ1) is 15.3. The van der Waals surface area contributed by atoms with Crippen LogP contribution in [0.3, 0.4) is 0 Å². The molecule has 0 N–H and O–H groups in total. The summed E-state index contributed by atoms with van der Waals surface area (Å²) in [5, 5.41) is 4.93. The van der Waals surface area contributed by atoms with Crippen molar-refractivity contribution in [3.05, 3.63) is 23.5 Å². The Morgan fingerprint density at radius 1 is 1.08 bits per heavy atom. The Balaban J connectivity index is 1.56. The highest BCUT2D eigenvalue weighted by Gasteiger charge is 2.39. The van der Waals surface area contributed by atoms with Gasteiger partial charge in [-0.05, 0) is 32.6 Å². The Hall–Kier alpha value is -1.95. The molecule has 3 fully saturated rings. The highest BCUT2D eigenvalue weighted by molar-refractivity contribution is 5.79. The Labute approximate surface area is 147 Å². The summed E-state index contributed by atoms with van der Waals surface area (Å²) in [7, 11) is 0. The first-order valence-electron chi connectivity index (χ1n) is 9.44. The van der Waals surface area contributed by atoms with Crippen molar-refractivity contribution in [3.63, 3.8) is 0 Å². The Morgan fingerprint density at radius 3 is 2.52 bits per heavy atom. The fourth-order valence-electron chi connectivity index (χ4n) is 4.72. The van der Waals surface area contributed by atoms with E-state index in [1.807, 2.05) is 4.52 Å². The molecule has 2 bridgehead atoms. The van der Waals surface area contributed by atoms with E-state index < -0.39 is 0 Å². The van der Waals surface area contributed by atoms with Crippen LogP contribution in [0.5, 0.6) is 0 Å². The maximum atomic E-state index is 11.5. The third kappa shape index (κ3) is 2.54. The summed E-state index contributed by atoms with van der Waals surface area (Å²) in [4.78, 5) is 18.8. The maximum absolute atomic E-state index is 11.5. The van der Waals surface area contributed by atoms with E-state index >= 15 is 0 Å². The lowest BCUT2D eigenvalue weighted by atomic mass is 9.86. The van der Waals surface area contributed by atoms with Crippen LogP contribution in [0.1, 0.15) is 55.8 Å². The Bertz CT molecular complexity index is 804. The third-order valence-corrected chi connectivity index (χ3v) is 6.02. The van der Waals surface area contributed by atoms with Crippen LogP contribution in [0.4, 0.5) is 5.82 Å². The second-order valence-corrected chi connectivity index (χ2v) is 7.74. The summed E-state index contributed by atoms with van der Waals surface area (Å²) in [6.07, 6.45) is 5.58. The molecule has 0 spiro atoms. The highest BCUT2D eigenvalue weighted by atomic mass is 16.5. The van der Waals surface area contributed by atoms with Crippen LogP contribution in [0, 0.1) is 6.92 Å². The Kier molecular flexibility index (Phi) is 3.55. The lowest BCUT2D eigenvalue weighted by molar-refractivity contribution is -0.120. The van der Waals surface area contributed by atoms with E-state index in [-0.39, 0.29) is 0 Å². The number of aromatic nitrogens is 3. The van der Waals surface area contributed by atoms with Gasteiger partial charge < -0.3 is 9.64 Å². The smallest absolute Gasteiger partial charge is 0.157 e. The quantitative estimate of drug-likeness (QED) is 0.841. The number of aryl methyl sites for hydroxylation is 1. The van der Waals surface area contributed by atoms with Gasteiger partial charge in [0.25, 0.3) is 0 Å². The second kappa shape index (κ2) is 5.80. The van der Waals surface area contributed by atoms with E-state index in [0.29, 0.717) is 36.6 Å². The van der Waals surface area contributed by atoms with Crippen molar-refractivity contribution in [3.8, 4) is 0 Å². The maximum Gasteiger partial charge on any atom is 0.157 e. The summed E-state index contributed by atoms with van der Waals surface area (Å²) in [6, 6.07) is 5.18. The van der Waals surface area contributed by atoms with E-state index in [0.717, 1.165) is 48.9 Å². The van der Waals surface area contributed by atoms with Crippen molar-refractivity contribution < 1.29 is 9.53 Å². The normalized spacial score (nSPS) is 27.4. The summed E-state index contributed by atoms with van der Waals surface area (Å²) in [5.41, 5.74) is 3.04. The van der Waals surface area contributed by atoms with Crippen molar-refractivity contribution in [1.29, 1.82) is 0 Å². The van der Waals surface area contributed by atoms with Gasteiger partial charge in [0.05, 0.1) is 31.0 Å². The van der Waals surface area contributed by atoms with Crippen molar-refractivity contribution in [2.45, 2.75) is 63.5 Å². The molecule has 1 saturated carbocycles. The molecule has 2 saturated heterocycles. The minimum atomic E-state index is 0.383. The van der Waals surface area contributed by atoms with Crippen LogP contribution in [0.2, 0.25) is 0 Å². The average molecular weight is 340 g/mol. The predicted molar refractivity (Wildman–Crippen MR) is 94.0 cm³/mol. The van der Waals surface area contributed by atoms with Gasteiger partial charge in [-0.3, -0.25) is 4.79 Å².